The Morgan fingerprint density at radius 3 is 2.67 bits per heavy atom. The van der Waals surface area contributed by atoms with Gasteiger partial charge < -0.3 is 15.0 Å². The summed E-state index contributed by atoms with van der Waals surface area (Å²) in [6, 6.07) is 8.24. The minimum Gasteiger partial charge on any atom is -0.494 e. The average Bonchev–Trinajstić information content (AvgIpc) is 3.13. The Bertz CT molecular complexity index is 721. The molecule has 1 fully saturated rings. The molecule has 1 aromatic heterocycles. The summed E-state index contributed by atoms with van der Waals surface area (Å²) in [6.45, 7) is 8.17. The molecular weight excluding hydrogens is 358 g/mol. The average molecular weight is 388 g/mol. The molecule has 3 rings (SSSR count). The molecule has 27 heavy (non-hydrogen) atoms. The van der Waals surface area contributed by atoms with Crippen LogP contribution in [0.5, 0.6) is 5.75 Å². The van der Waals surface area contributed by atoms with Crippen LogP contribution in [0.25, 0.3) is 10.6 Å². The van der Waals surface area contributed by atoms with E-state index >= 15 is 0 Å². The zero-order valence-corrected chi connectivity index (χ0v) is 17.1. The third-order valence-electron chi connectivity index (χ3n) is 4.80. The molecule has 0 unspecified atom stereocenters. The molecule has 0 aliphatic carbocycles. The lowest BCUT2D eigenvalue weighted by atomic mass is 10.0. The van der Waals surface area contributed by atoms with Gasteiger partial charge in [0.25, 0.3) is 0 Å². The van der Waals surface area contributed by atoms with Crippen molar-refractivity contribution in [2.45, 2.75) is 45.6 Å². The Hall–Kier alpha value is -1.92. The number of ether oxygens (including phenoxy) is 1. The van der Waals surface area contributed by atoms with Crippen molar-refractivity contribution in [3.05, 3.63) is 35.3 Å². The predicted molar refractivity (Wildman–Crippen MR) is 110 cm³/mol. The van der Waals surface area contributed by atoms with Gasteiger partial charge in [-0.3, -0.25) is 4.79 Å². The summed E-state index contributed by atoms with van der Waals surface area (Å²) in [5, 5.41) is 6.10. The van der Waals surface area contributed by atoms with Gasteiger partial charge in [-0.05, 0) is 57.0 Å². The van der Waals surface area contributed by atoms with Crippen LogP contribution in [-0.4, -0.2) is 48.1 Å². The third kappa shape index (κ3) is 5.78. The van der Waals surface area contributed by atoms with Crippen LogP contribution < -0.4 is 10.1 Å². The first-order chi connectivity index (χ1) is 13.2. The first kappa shape index (κ1) is 19.8. The second-order valence-corrected chi connectivity index (χ2v) is 7.82. The molecular formula is C21H29N3O2S. The van der Waals surface area contributed by atoms with Gasteiger partial charge >= 0.3 is 0 Å². The topological polar surface area (TPSA) is 54.5 Å². The quantitative estimate of drug-likeness (QED) is 0.750. The minimum absolute atomic E-state index is 0.0764. The van der Waals surface area contributed by atoms with Crippen molar-refractivity contribution in [2.75, 3.05) is 26.2 Å². The Morgan fingerprint density at radius 1 is 1.26 bits per heavy atom. The smallest absolute Gasteiger partial charge is 0.226 e. The van der Waals surface area contributed by atoms with E-state index in [9.17, 15) is 4.79 Å². The summed E-state index contributed by atoms with van der Waals surface area (Å²) in [4.78, 5) is 19.5. The largest absolute Gasteiger partial charge is 0.494 e. The monoisotopic (exact) mass is 387 g/mol. The van der Waals surface area contributed by atoms with Crippen LogP contribution in [0.15, 0.2) is 29.6 Å². The van der Waals surface area contributed by atoms with Crippen LogP contribution in [0, 0.1) is 0 Å². The normalized spacial score (nSPS) is 15.6. The van der Waals surface area contributed by atoms with E-state index in [4.69, 9.17) is 4.74 Å². The van der Waals surface area contributed by atoms with Crippen molar-refractivity contribution in [3.8, 4) is 16.3 Å². The number of aromatic nitrogens is 1. The van der Waals surface area contributed by atoms with Crippen LogP contribution in [0.4, 0.5) is 0 Å². The number of benzene rings is 1. The zero-order valence-electron chi connectivity index (χ0n) is 16.2. The SMILES string of the molecule is CCCN1CCC(NC(=O)Cc2csc(-c3ccc(OCC)cc3)n2)CC1. The number of thiazole rings is 1. The first-order valence-electron chi connectivity index (χ1n) is 9.87. The lowest BCUT2D eigenvalue weighted by Gasteiger charge is -2.32. The molecule has 0 saturated carbocycles. The summed E-state index contributed by atoms with van der Waals surface area (Å²) in [5.74, 6) is 0.940. The summed E-state index contributed by atoms with van der Waals surface area (Å²) in [5.41, 5.74) is 1.89. The molecule has 1 aromatic carbocycles. The zero-order chi connectivity index (χ0) is 19.1. The Balaban J connectivity index is 1.49. The van der Waals surface area contributed by atoms with Gasteiger partial charge in [0.1, 0.15) is 10.8 Å². The maximum Gasteiger partial charge on any atom is 0.226 e. The molecule has 2 heterocycles. The van der Waals surface area contributed by atoms with Crippen LogP contribution in [-0.2, 0) is 11.2 Å². The standard InChI is InChI=1S/C21H29N3O2S/c1-3-11-24-12-9-17(10-13-24)22-20(25)14-18-15-27-21(23-18)16-5-7-19(8-6-16)26-4-2/h5-8,15,17H,3-4,9-14H2,1-2H3,(H,22,25). The molecule has 1 N–H and O–H groups in total. The number of nitrogens with zero attached hydrogens (tertiary/aromatic N) is 2. The van der Waals surface area contributed by atoms with Crippen LogP contribution in [0.1, 0.15) is 38.8 Å². The Morgan fingerprint density at radius 2 is 2.00 bits per heavy atom. The van der Waals surface area contributed by atoms with Gasteiger partial charge in [0.15, 0.2) is 0 Å². The number of hydrogen-bond donors (Lipinski definition) is 1. The molecule has 1 aliphatic rings. The number of hydrogen-bond acceptors (Lipinski definition) is 5. The van der Waals surface area contributed by atoms with Gasteiger partial charge in [-0.1, -0.05) is 6.92 Å². The highest BCUT2D eigenvalue weighted by molar-refractivity contribution is 7.13. The number of likely N-dealkylation sites (tertiary alicyclic amines) is 1. The number of nitrogens with one attached hydrogen (secondary N) is 1. The highest BCUT2D eigenvalue weighted by Crippen LogP contribution is 2.26. The van der Waals surface area contributed by atoms with Crippen molar-refractivity contribution in [3.63, 3.8) is 0 Å². The van der Waals surface area contributed by atoms with Gasteiger partial charge in [-0.2, -0.15) is 0 Å². The fourth-order valence-corrected chi connectivity index (χ4v) is 4.27. The van der Waals surface area contributed by atoms with Crippen LogP contribution >= 0.6 is 11.3 Å². The lowest BCUT2D eigenvalue weighted by Crippen LogP contribution is -2.45. The van der Waals surface area contributed by atoms with Crippen molar-refractivity contribution < 1.29 is 9.53 Å². The number of carbonyl (C=O) groups excluding carboxylic acids is 1. The summed E-state index contributed by atoms with van der Waals surface area (Å²) >= 11 is 1.58. The maximum absolute atomic E-state index is 12.4. The predicted octanol–water partition coefficient (Wildman–Crippen LogP) is 3.74. The number of piperidine rings is 1. The van der Waals surface area contributed by atoms with Crippen molar-refractivity contribution in [1.29, 1.82) is 0 Å². The van der Waals surface area contributed by atoms with Gasteiger partial charge in [0.05, 0.1) is 18.7 Å². The molecule has 5 nitrogen and oxygen atoms in total. The molecule has 146 valence electrons. The van der Waals surface area contributed by atoms with E-state index in [0.717, 1.165) is 54.5 Å². The highest BCUT2D eigenvalue weighted by atomic mass is 32.1. The van der Waals surface area contributed by atoms with Crippen LogP contribution in [0.2, 0.25) is 0 Å². The van der Waals surface area contributed by atoms with Crippen molar-refractivity contribution >= 4 is 17.2 Å². The minimum atomic E-state index is 0.0764. The van der Waals surface area contributed by atoms with Crippen LogP contribution in [0.3, 0.4) is 0 Å². The van der Waals surface area contributed by atoms with E-state index in [1.165, 1.54) is 6.42 Å². The summed E-state index contributed by atoms with van der Waals surface area (Å²) < 4.78 is 5.47. The van der Waals surface area contributed by atoms with Gasteiger partial charge in [-0.15, -0.1) is 11.3 Å². The number of amides is 1. The van der Waals surface area contributed by atoms with E-state index in [0.29, 0.717) is 19.1 Å². The first-order valence-corrected chi connectivity index (χ1v) is 10.7. The molecule has 2 aromatic rings. The second kappa shape index (κ2) is 9.85. The number of carbonyl (C=O) groups is 1. The molecule has 0 radical (unpaired) electrons. The van der Waals surface area contributed by atoms with E-state index in [1.54, 1.807) is 11.3 Å². The summed E-state index contributed by atoms with van der Waals surface area (Å²) in [6.07, 6.45) is 3.63. The molecule has 0 bridgehead atoms. The molecule has 1 saturated heterocycles. The number of rotatable bonds is 8. The Kier molecular flexibility index (Phi) is 7.24. The molecule has 0 spiro atoms. The maximum atomic E-state index is 12.4. The third-order valence-corrected chi connectivity index (χ3v) is 5.74. The van der Waals surface area contributed by atoms with E-state index in [-0.39, 0.29) is 5.91 Å². The van der Waals surface area contributed by atoms with Crippen molar-refractivity contribution in [2.24, 2.45) is 0 Å². The highest BCUT2D eigenvalue weighted by Gasteiger charge is 2.20. The second-order valence-electron chi connectivity index (χ2n) is 6.96. The van der Waals surface area contributed by atoms with Crippen molar-refractivity contribution in [1.82, 2.24) is 15.2 Å². The van der Waals surface area contributed by atoms with E-state index in [1.807, 2.05) is 36.6 Å². The molecule has 1 amide bonds. The summed E-state index contributed by atoms with van der Waals surface area (Å²) in [7, 11) is 0. The van der Waals surface area contributed by atoms with E-state index < -0.39 is 0 Å². The van der Waals surface area contributed by atoms with Gasteiger partial charge in [-0.25, -0.2) is 4.98 Å². The van der Waals surface area contributed by atoms with Gasteiger partial charge in [0.2, 0.25) is 5.91 Å². The molecule has 0 atom stereocenters. The van der Waals surface area contributed by atoms with Gasteiger partial charge in [0, 0.05) is 30.1 Å². The lowest BCUT2D eigenvalue weighted by molar-refractivity contribution is -0.121. The fraction of sp³-hybridized carbons (Fsp3) is 0.524. The molecule has 1 aliphatic heterocycles. The fourth-order valence-electron chi connectivity index (χ4n) is 3.44. The van der Waals surface area contributed by atoms with E-state index in [2.05, 4.69) is 22.1 Å². The Labute approximate surface area is 165 Å². The molecule has 6 heteroatoms.